The first-order valence-electron chi connectivity index (χ1n) is 11.3. The van der Waals surface area contributed by atoms with E-state index in [9.17, 15) is 9.90 Å². The van der Waals surface area contributed by atoms with Crippen LogP contribution in [0, 0.1) is 5.92 Å². The molecule has 8 heteroatoms. The highest BCUT2D eigenvalue weighted by molar-refractivity contribution is 6.33. The van der Waals surface area contributed by atoms with Crippen LogP contribution in [0.25, 0.3) is 33.5 Å². The number of halogens is 1. The summed E-state index contributed by atoms with van der Waals surface area (Å²) in [7, 11) is 0. The number of carbonyl (C=O) groups is 1. The number of aromatic hydroxyl groups is 1. The van der Waals surface area contributed by atoms with Gasteiger partial charge in [-0.05, 0) is 49.3 Å². The Kier molecular flexibility index (Phi) is 6.11. The molecule has 0 saturated heterocycles. The van der Waals surface area contributed by atoms with Gasteiger partial charge in [-0.15, -0.1) is 0 Å². The van der Waals surface area contributed by atoms with Crippen molar-refractivity contribution in [1.29, 1.82) is 0 Å². The van der Waals surface area contributed by atoms with Crippen molar-refractivity contribution in [1.82, 2.24) is 15.0 Å². The smallest absolute Gasteiger partial charge is 0.303 e. The maximum absolute atomic E-state index is 10.9. The van der Waals surface area contributed by atoms with Gasteiger partial charge in [-0.3, -0.25) is 4.79 Å². The second-order valence-electron chi connectivity index (χ2n) is 8.68. The van der Waals surface area contributed by atoms with Crippen molar-refractivity contribution >= 4 is 28.7 Å². The number of ether oxygens (including phenoxy) is 1. The standard InChI is InChI=1S/C26H24ClN3O4/c27-20-14-21-25(30-26(28-21)34-18-11-5-15(6-12-18)13-23(32)33)29-24(20)17-9-7-16(8-10-17)19-3-1-2-4-22(19)31/h1-4,7-10,14-15,18,31H,5-6,11-13H2,(H,32,33)(H,28,29,30). The third-order valence-electron chi connectivity index (χ3n) is 6.31. The molecule has 4 aromatic rings. The Morgan fingerprint density at radius 2 is 1.74 bits per heavy atom. The van der Waals surface area contributed by atoms with Crippen LogP contribution in [-0.4, -0.2) is 37.2 Å². The molecule has 1 aliphatic rings. The number of aromatic amines is 1. The number of carboxylic acid groups (broad SMARTS) is 1. The summed E-state index contributed by atoms with van der Waals surface area (Å²) in [6.45, 7) is 0. The first-order chi connectivity index (χ1) is 16.5. The van der Waals surface area contributed by atoms with Crippen molar-refractivity contribution < 1.29 is 19.7 Å². The molecule has 0 radical (unpaired) electrons. The zero-order chi connectivity index (χ0) is 23.7. The van der Waals surface area contributed by atoms with Crippen LogP contribution in [0.3, 0.4) is 0 Å². The minimum absolute atomic E-state index is 0.00231. The third-order valence-corrected chi connectivity index (χ3v) is 6.60. The van der Waals surface area contributed by atoms with Crippen molar-refractivity contribution in [2.24, 2.45) is 5.92 Å². The lowest BCUT2D eigenvalue weighted by molar-refractivity contribution is -0.138. The molecule has 1 fully saturated rings. The number of phenolic OH excluding ortho intramolecular Hbond substituents is 1. The zero-order valence-corrected chi connectivity index (χ0v) is 19.1. The number of fused-ring (bicyclic) bond motifs is 1. The Balaban J connectivity index is 1.33. The van der Waals surface area contributed by atoms with E-state index in [0.29, 0.717) is 27.9 Å². The van der Waals surface area contributed by atoms with E-state index in [2.05, 4.69) is 15.0 Å². The van der Waals surface area contributed by atoms with Gasteiger partial charge < -0.3 is 19.9 Å². The number of aliphatic carboxylic acids is 1. The molecule has 2 heterocycles. The minimum atomic E-state index is -0.742. The molecule has 2 aromatic carbocycles. The van der Waals surface area contributed by atoms with Gasteiger partial charge in [0.15, 0.2) is 5.65 Å². The Labute approximate surface area is 201 Å². The predicted octanol–water partition coefficient (Wildman–Crippen LogP) is 6.06. The Morgan fingerprint density at radius 1 is 1.03 bits per heavy atom. The van der Waals surface area contributed by atoms with Crippen LogP contribution >= 0.6 is 11.6 Å². The number of nitrogens with one attached hydrogen (secondary N) is 1. The first kappa shape index (κ1) is 22.2. The van der Waals surface area contributed by atoms with Crippen LogP contribution in [-0.2, 0) is 4.79 Å². The quantitative estimate of drug-likeness (QED) is 0.311. The predicted molar refractivity (Wildman–Crippen MR) is 130 cm³/mol. The van der Waals surface area contributed by atoms with Crippen LogP contribution < -0.4 is 4.74 Å². The van der Waals surface area contributed by atoms with E-state index in [1.807, 2.05) is 36.4 Å². The summed E-state index contributed by atoms with van der Waals surface area (Å²) in [5.41, 5.74) is 4.31. The SMILES string of the molecule is O=C(O)CC1CCC(Oc2nc3nc(-c4ccc(-c5ccccc5O)cc4)c(Cl)cc3[nH]2)CC1. The molecule has 7 nitrogen and oxygen atoms in total. The lowest BCUT2D eigenvalue weighted by atomic mass is 9.85. The number of carboxylic acids is 1. The Hall–Kier alpha value is -3.58. The molecule has 0 spiro atoms. The van der Waals surface area contributed by atoms with E-state index in [0.717, 1.165) is 42.4 Å². The van der Waals surface area contributed by atoms with Gasteiger partial charge in [0, 0.05) is 17.5 Å². The number of para-hydroxylation sites is 1. The van der Waals surface area contributed by atoms with Crippen LogP contribution in [0.1, 0.15) is 32.1 Å². The molecule has 1 saturated carbocycles. The third kappa shape index (κ3) is 4.70. The van der Waals surface area contributed by atoms with Crippen LogP contribution in [0.5, 0.6) is 11.8 Å². The monoisotopic (exact) mass is 477 g/mol. The minimum Gasteiger partial charge on any atom is -0.507 e. The summed E-state index contributed by atoms with van der Waals surface area (Å²) < 4.78 is 6.03. The molecule has 2 aromatic heterocycles. The van der Waals surface area contributed by atoms with Crippen LogP contribution in [0.4, 0.5) is 0 Å². The molecule has 3 N–H and O–H groups in total. The van der Waals surface area contributed by atoms with Gasteiger partial charge in [0.2, 0.25) is 0 Å². The topological polar surface area (TPSA) is 108 Å². The number of rotatable bonds is 6. The summed E-state index contributed by atoms with van der Waals surface area (Å²) >= 11 is 6.54. The number of H-pyrrole nitrogens is 1. The second-order valence-corrected chi connectivity index (χ2v) is 9.09. The molecule has 34 heavy (non-hydrogen) atoms. The average Bonchev–Trinajstić information content (AvgIpc) is 3.21. The molecule has 1 aliphatic carbocycles. The number of nitrogens with zero attached hydrogens (tertiary/aromatic N) is 2. The summed E-state index contributed by atoms with van der Waals surface area (Å²) in [6.07, 6.45) is 3.50. The van der Waals surface area contributed by atoms with Gasteiger partial charge in [0.25, 0.3) is 6.01 Å². The number of aromatic nitrogens is 3. The fourth-order valence-electron chi connectivity index (χ4n) is 4.54. The molecule has 0 unspecified atom stereocenters. The van der Waals surface area contributed by atoms with Crippen molar-refractivity contribution in [3.05, 3.63) is 59.6 Å². The Bertz CT molecular complexity index is 1330. The number of imidazole rings is 1. The van der Waals surface area contributed by atoms with Crippen LogP contribution in [0.2, 0.25) is 5.02 Å². The summed E-state index contributed by atoms with van der Waals surface area (Å²) in [4.78, 5) is 23.2. The summed E-state index contributed by atoms with van der Waals surface area (Å²) in [5.74, 6) is -0.297. The Morgan fingerprint density at radius 3 is 2.44 bits per heavy atom. The van der Waals surface area contributed by atoms with Crippen molar-refractivity contribution in [2.75, 3.05) is 0 Å². The summed E-state index contributed by atoms with van der Waals surface area (Å²) in [5, 5.41) is 19.6. The van der Waals surface area contributed by atoms with Crippen molar-refractivity contribution in [3.63, 3.8) is 0 Å². The molecular formula is C26H24ClN3O4. The fourth-order valence-corrected chi connectivity index (χ4v) is 4.80. The maximum Gasteiger partial charge on any atom is 0.303 e. The lowest BCUT2D eigenvalue weighted by Crippen LogP contribution is -2.25. The van der Waals surface area contributed by atoms with Gasteiger partial charge in [-0.2, -0.15) is 4.98 Å². The van der Waals surface area contributed by atoms with E-state index in [1.165, 1.54) is 0 Å². The highest BCUT2D eigenvalue weighted by Crippen LogP contribution is 2.34. The van der Waals surface area contributed by atoms with Gasteiger partial charge in [-0.1, -0.05) is 54.1 Å². The van der Waals surface area contributed by atoms with Crippen molar-refractivity contribution in [3.8, 4) is 34.1 Å². The highest BCUT2D eigenvalue weighted by atomic mass is 35.5. The second kappa shape index (κ2) is 9.35. The number of hydrogen-bond donors (Lipinski definition) is 3. The van der Waals surface area contributed by atoms with Crippen molar-refractivity contribution in [2.45, 2.75) is 38.2 Å². The number of benzene rings is 2. The lowest BCUT2D eigenvalue weighted by Gasteiger charge is -2.27. The molecular weight excluding hydrogens is 454 g/mol. The summed E-state index contributed by atoms with van der Waals surface area (Å²) in [6, 6.07) is 17.1. The van der Waals surface area contributed by atoms with Gasteiger partial charge in [0.1, 0.15) is 11.9 Å². The van der Waals surface area contributed by atoms with E-state index >= 15 is 0 Å². The molecule has 0 amide bonds. The van der Waals surface area contributed by atoms with Crippen LogP contribution in [0.15, 0.2) is 54.6 Å². The molecule has 0 atom stereocenters. The molecule has 0 aliphatic heterocycles. The maximum atomic E-state index is 10.9. The van der Waals surface area contributed by atoms with Gasteiger partial charge in [-0.25, -0.2) is 4.98 Å². The van der Waals surface area contributed by atoms with E-state index < -0.39 is 5.97 Å². The van der Waals surface area contributed by atoms with Gasteiger partial charge >= 0.3 is 5.97 Å². The van der Waals surface area contributed by atoms with E-state index in [4.69, 9.17) is 21.4 Å². The number of pyridine rings is 1. The zero-order valence-electron chi connectivity index (χ0n) is 18.4. The largest absolute Gasteiger partial charge is 0.507 e. The fraction of sp³-hybridized carbons (Fsp3) is 0.269. The normalized spacial score (nSPS) is 18.1. The average molecular weight is 478 g/mol. The highest BCUT2D eigenvalue weighted by Gasteiger charge is 2.25. The number of phenols is 1. The first-order valence-corrected chi connectivity index (χ1v) is 11.7. The van der Waals surface area contributed by atoms with E-state index in [1.54, 1.807) is 18.2 Å². The van der Waals surface area contributed by atoms with Gasteiger partial charge in [0.05, 0.1) is 16.2 Å². The molecule has 174 valence electrons. The van der Waals surface area contributed by atoms with E-state index in [-0.39, 0.29) is 24.2 Å². The molecule has 0 bridgehead atoms. The number of hydrogen-bond acceptors (Lipinski definition) is 5. The molecule has 5 rings (SSSR count).